The van der Waals surface area contributed by atoms with E-state index in [4.69, 9.17) is 10.5 Å². The summed E-state index contributed by atoms with van der Waals surface area (Å²) < 4.78 is 31.7. The summed E-state index contributed by atoms with van der Waals surface area (Å²) in [4.78, 5) is 11.5. The molecule has 1 aromatic rings. The molecule has 1 aliphatic heterocycles. The first-order valence-corrected chi connectivity index (χ1v) is 7.77. The van der Waals surface area contributed by atoms with Crippen molar-refractivity contribution >= 4 is 15.9 Å². The highest BCUT2D eigenvalue weighted by atomic mass is 32.2. The van der Waals surface area contributed by atoms with Crippen molar-refractivity contribution in [3.63, 3.8) is 0 Å². The summed E-state index contributed by atoms with van der Waals surface area (Å²) >= 11 is 0. The van der Waals surface area contributed by atoms with Crippen LogP contribution in [0, 0.1) is 6.92 Å². The van der Waals surface area contributed by atoms with Crippen LogP contribution in [0.1, 0.15) is 18.4 Å². The Labute approximate surface area is 118 Å². The molecule has 2 N–H and O–H groups in total. The van der Waals surface area contributed by atoms with Crippen LogP contribution in [0.15, 0.2) is 23.1 Å². The van der Waals surface area contributed by atoms with Crippen LogP contribution in [0.5, 0.6) is 5.75 Å². The number of rotatable bonds is 4. The fourth-order valence-electron chi connectivity index (χ4n) is 2.42. The van der Waals surface area contributed by atoms with Crippen LogP contribution in [0.2, 0.25) is 0 Å². The standard InChI is InChI=1S/C13H18N2O4S/c1-9-5-6-10(19-2)8-12(9)20(17,18)15-7-3-4-11(15)13(14)16/h5-6,8,11H,3-4,7H2,1-2H3,(H2,14,16)/t11-/m0/s1. The van der Waals surface area contributed by atoms with Gasteiger partial charge in [-0.25, -0.2) is 8.42 Å². The molecule has 6 nitrogen and oxygen atoms in total. The monoisotopic (exact) mass is 298 g/mol. The Morgan fingerprint density at radius 1 is 1.45 bits per heavy atom. The molecule has 0 saturated carbocycles. The number of ether oxygens (including phenoxy) is 1. The van der Waals surface area contributed by atoms with Gasteiger partial charge in [0.05, 0.1) is 12.0 Å². The zero-order valence-electron chi connectivity index (χ0n) is 11.5. The number of sulfonamides is 1. The second-order valence-electron chi connectivity index (χ2n) is 4.81. The van der Waals surface area contributed by atoms with Gasteiger partial charge >= 0.3 is 0 Å². The number of methoxy groups -OCH3 is 1. The zero-order valence-corrected chi connectivity index (χ0v) is 12.3. The van der Waals surface area contributed by atoms with Gasteiger partial charge in [-0.3, -0.25) is 4.79 Å². The number of hydrogen-bond acceptors (Lipinski definition) is 4. The molecular weight excluding hydrogens is 280 g/mol. The molecule has 1 saturated heterocycles. The lowest BCUT2D eigenvalue weighted by molar-refractivity contribution is -0.121. The number of aryl methyl sites for hydroxylation is 1. The highest BCUT2D eigenvalue weighted by molar-refractivity contribution is 7.89. The average Bonchev–Trinajstić information content (AvgIpc) is 2.89. The number of nitrogens with two attached hydrogens (primary N) is 1. The number of benzene rings is 1. The van der Waals surface area contributed by atoms with Crippen LogP contribution in [0.4, 0.5) is 0 Å². The van der Waals surface area contributed by atoms with Crippen LogP contribution in [-0.4, -0.2) is 38.3 Å². The highest BCUT2D eigenvalue weighted by Gasteiger charge is 2.39. The lowest BCUT2D eigenvalue weighted by Crippen LogP contribution is -2.43. The fourth-order valence-corrected chi connectivity index (χ4v) is 4.33. The first-order valence-electron chi connectivity index (χ1n) is 6.33. The molecule has 20 heavy (non-hydrogen) atoms. The quantitative estimate of drug-likeness (QED) is 0.883. The predicted octanol–water partition coefficient (Wildman–Crippen LogP) is 0.642. The SMILES string of the molecule is COc1ccc(C)c(S(=O)(=O)N2CCC[C@H]2C(N)=O)c1. The molecule has 2 rings (SSSR count). The van der Waals surface area contributed by atoms with E-state index in [1.54, 1.807) is 19.1 Å². The van der Waals surface area contributed by atoms with Gasteiger partial charge in [0.25, 0.3) is 0 Å². The summed E-state index contributed by atoms with van der Waals surface area (Å²) in [5, 5.41) is 0. The van der Waals surface area contributed by atoms with Crippen LogP contribution >= 0.6 is 0 Å². The zero-order chi connectivity index (χ0) is 14.9. The normalized spacial score (nSPS) is 20.0. The van der Waals surface area contributed by atoms with Crippen molar-refractivity contribution in [2.24, 2.45) is 5.73 Å². The number of amides is 1. The summed E-state index contributed by atoms with van der Waals surface area (Å²) in [5.74, 6) is -0.143. The molecule has 0 aliphatic carbocycles. The molecule has 7 heteroatoms. The van der Waals surface area contributed by atoms with Crippen molar-refractivity contribution in [1.82, 2.24) is 4.31 Å². The first-order chi connectivity index (χ1) is 9.37. The Morgan fingerprint density at radius 3 is 2.75 bits per heavy atom. The summed E-state index contributed by atoms with van der Waals surface area (Å²) in [6.07, 6.45) is 1.10. The minimum Gasteiger partial charge on any atom is -0.497 e. The van der Waals surface area contributed by atoms with Gasteiger partial charge in [-0.15, -0.1) is 0 Å². The van der Waals surface area contributed by atoms with Gasteiger partial charge in [-0.05, 0) is 31.4 Å². The van der Waals surface area contributed by atoms with E-state index >= 15 is 0 Å². The molecule has 110 valence electrons. The summed E-state index contributed by atoms with van der Waals surface area (Å²) in [7, 11) is -2.27. The lowest BCUT2D eigenvalue weighted by atomic mass is 10.2. The molecule has 0 unspecified atom stereocenters. The Bertz CT molecular complexity index is 627. The summed E-state index contributed by atoms with van der Waals surface area (Å²) in [6.45, 7) is 2.02. The molecule has 1 heterocycles. The topological polar surface area (TPSA) is 89.7 Å². The lowest BCUT2D eigenvalue weighted by Gasteiger charge is -2.22. The third-order valence-corrected chi connectivity index (χ3v) is 5.56. The molecule has 1 atom stereocenters. The maximum atomic E-state index is 12.7. The van der Waals surface area contributed by atoms with Gasteiger partial charge in [0, 0.05) is 12.6 Å². The average molecular weight is 298 g/mol. The number of hydrogen-bond donors (Lipinski definition) is 1. The Hall–Kier alpha value is -1.60. The van der Waals surface area contributed by atoms with Crippen molar-refractivity contribution in [2.45, 2.75) is 30.7 Å². The molecule has 0 radical (unpaired) electrons. The molecule has 0 bridgehead atoms. The molecule has 1 aliphatic rings. The van der Waals surface area contributed by atoms with E-state index in [9.17, 15) is 13.2 Å². The minimum absolute atomic E-state index is 0.157. The molecule has 1 fully saturated rings. The first kappa shape index (κ1) is 14.8. The predicted molar refractivity (Wildman–Crippen MR) is 73.8 cm³/mol. The third-order valence-electron chi connectivity index (χ3n) is 3.51. The summed E-state index contributed by atoms with van der Waals surface area (Å²) in [6, 6.07) is 4.09. The van der Waals surface area contributed by atoms with E-state index < -0.39 is 22.0 Å². The molecule has 1 aromatic carbocycles. The number of carbonyl (C=O) groups excluding carboxylic acids is 1. The number of nitrogens with zero attached hydrogens (tertiary/aromatic N) is 1. The van der Waals surface area contributed by atoms with Crippen molar-refractivity contribution in [3.05, 3.63) is 23.8 Å². The molecule has 0 aromatic heterocycles. The van der Waals surface area contributed by atoms with Gasteiger partial charge < -0.3 is 10.5 Å². The van der Waals surface area contributed by atoms with Crippen molar-refractivity contribution < 1.29 is 17.9 Å². The number of carbonyl (C=O) groups is 1. The highest BCUT2D eigenvalue weighted by Crippen LogP contribution is 2.29. The maximum Gasteiger partial charge on any atom is 0.244 e. The molecule has 0 spiro atoms. The van der Waals surface area contributed by atoms with Gasteiger partial charge in [-0.2, -0.15) is 4.31 Å². The van der Waals surface area contributed by atoms with Crippen LogP contribution < -0.4 is 10.5 Å². The second-order valence-corrected chi connectivity index (χ2v) is 6.67. The van der Waals surface area contributed by atoms with Crippen molar-refractivity contribution in [2.75, 3.05) is 13.7 Å². The van der Waals surface area contributed by atoms with E-state index in [1.165, 1.54) is 17.5 Å². The molecule has 1 amide bonds. The van der Waals surface area contributed by atoms with E-state index in [-0.39, 0.29) is 4.90 Å². The van der Waals surface area contributed by atoms with E-state index in [0.717, 1.165) is 0 Å². The van der Waals surface area contributed by atoms with Crippen molar-refractivity contribution in [3.8, 4) is 5.75 Å². The van der Waals surface area contributed by atoms with E-state index in [2.05, 4.69) is 0 Å². The van der Waals surface area contributed by atoms with Crippen molar-refractivity contribution in [1.29, 1.82) is 0 Å². The second kappa shape index (κ2) is 5.41. The van der Waals surface area contributed by atoms with Gasteiger partial charge in [0.1, 0.15) is 11.8 Å². The Kier molecular flexibility index (Phi) is 4.01. The Balaban J connectivity index is 2.47. The van der Waals surface area contributed by atoms with Crippen LogP contribution in [0.25, 0.3) is 0 Å². The molecular formula is C13H18N2O4S. The van der Waals surface area contributed by atoms with E-state index in [0.29, 0.717) is 30.7 Å². The van der Waals surface area contributed by atoms with E-state index in [1.807, 2.05) is 0 Å². The number of primary amides is 1. The van der Waals surface area contributed by atoms with Gasteiger partial charge in [0.2, 0.25) is 15.9 Å². The van der Waals surface area contributed by atoms with Crippen LogP contribution in [-0.2, 0) is 14.8 Å². The smallest absolute Gasteiger partial charge is 0.244 e. The summed E-state index contributed by atoms with van der Waals surface area (Å²) in [5.41, 5.74) is 5.90. The Morgan fingerprint density at radius 2 is 2.15 bits per heavy atom. The largest absolute Gasteiger partial charge is 0.497 e. The van der Waals surface area contributed by atoms with Crippen LogP contribution in [0.3, 0.4) is 0 Å². The third kappa shape index (κ3) is 2.51. The fraction of sp³-hybridized carbons (Fsp3) is 0.462. The van der Waals surface area contributed by atoms with Gasteiger partial charge in [0.15, 0.2) is 0 Å². The maximum absolute atomic E-state index is 12.7. The van der Waals surface area contributed by atoms with Gasteiger partial charge in [-0.1, -0.05) is 6.07 Å². The minimum atomic E-state index is -3.74.